The molecule has 82 valence electrons. The number of ether oxygens (including phenoxy) is 1. The molecular formula is C9H13N3O2S. The molecule has 0 aliphatic heterocycles. The fourth-order valence-corrected chi connectivity index (χ4v) is 1.67. The summed E-state index contributed by atoms with van der Waals surface area (Å²) < 4.78 is 4.56. The quantitative estimate of drug-likeness (QED) is 0.477. The fourth-order valence-electron chi connectivity index (χ4n) is 0.872. The van der Waals surface area contributed by atoms with Gasteiger partial charge in [0.25, 0.3) is 0 Å². The molecule has 15 heavy (non-hydrogen) atoms. The zero-order valence-electron chi connectivity index (χ0n) is 8.90. The van der Waals surface area contributed by atoms with Crippen LogP contribution < -0.4 is 0 Å². The average molecular weight is 227 g/mol. The molecule has 0 saturated carbocycles. The Kier molecular flexibility index (Phi) is 4.36. The van der Waals surface area contributed by atoms with Gasteiger partial charge in [0.2, 0.25) is 5.16 Å². The van der Waals surface area contributed by atoms with Crippen LogP contribution in [0, 0.1) is 6.92 Å². The highest BCUT2D eigenvalue weighted by molar-refractivity contribution is 7.99. The van der Waals surface area contributed by atoms with Crippen LogP contribution in [0.2, 0.25) is 0 Å². The van der Waals surface area contributed by atoms with Crippen molar-refractivity contribution in [1.29, 1.82) is 0 Å². The molecule has 1 aromatic heterocycles. The Hall–Kier alpha value is -1.30. The number of rotatable bonds is 4. The van der Waals surface area contributed by atoms with E-state index in [1.807, 2.05) is 6.92 Å². The molecule has 0 aliphatic rings. The number of aromatic nitrogens is 3. The van der Waals surface area contributed by atoms with Crippen LogP contribution in [0.15, 0.2) is 16.8 Å². The summed E-state index contributed by atoms with van der Waals surface area (Å²) in [5, 5.41) is 7.39. The van der Waals surface area contributed by atoms with Crippen LogP contribution >= 0.6 is 11.8 Å². The van der Waals surface area contributed by atoms with Crippen molar-refractivity contribution in [3.8, 4) is 0 Å². The highest BCUT2D eigenvalue weighted by Crippen LogP contribution is 2.12. The minimum Gasteiger partial charge on any atom is -0.466 e. The summed E-state index contributed by atoms with van der Waals surface area (Å²) in [7, 11) is 1.37. The molecular weight excluding hydrogens is 214 g/mol. The third-order valence-corrected chi connectivity index (χ3v) is 2.46. The van der Waals surface area contributed by atoms with Crippen molar-refractivity contribution >= 4 is 17.7 Å². The highest BCUT2D eigenvalue weighted by Gasteiger charge is 2.03. The number of esters is 1. The summed E-state index contributed by atoms with van der Waals surface area (Å²) in [6.07, 6.45) is 1.79. The molecule has 0 spiro atoms. The average Bonchev–Trinajstić information content (AvgIpc) is 2.63. The molecule has 0 amide bonds. The summed E-state index contributed by atoms with van der Waals surface area (Å²) in [5.74, 6) is 1.13. The Morgan fingerprint density at radius 1 is 1.67 bits per heavy atom. The summed E-state index contributed by atoms with van der Waals surface area (Å²) >= 11 is 1.46. The van der Waals surface area contributed by atoms with Crippen molar-refractivity contribution in [2.45, 2.75) is 19.0 Å². The lowest BCUT2D eigenvalue weighted by atomic mass is 10.3. The third-order valence-electron chi connectivity index (χ3n) is 1.69. The maximum Gasteiger partial charge on any atom is 0.333 e. The molecule has 0 bridgehead atoms. The molecule has 1 aromatic rings. The number of thioether (sulfide) groups is 1. The Balaban J connectivity index is 2.41. The maximum atomic E-state index is 11.0. The lowest BCUT2D eigenvalue weighted by molar-refractivity contribution is -0.136. The minimum atomic E-state index is -0.304. The molecule has 0 atom stereocenters. The number of methoxy groups -OCH3 is 1. The van der Waals surface area contributed by atoms with E-state index >= 15 is 0 Å². The first-order valence-corrected chi connectivity index (χ1v) is 5.39. The van der Waals surface area contributed by atoms with Gasteiger partial charge in [-0.3, -0.25) is 5.10 Å². The number of carbonyl (C=O) groups is 1. The first-order valence-electron chi connectivity index (χ1n) is 4.40. The number of hydrogen-bond acceptors (Lipinski definition) is 5. The topological polar surface area (TPSA) is 67.9 Å². The summed E-state index contributed by atoms with van der Waals surface area (Å²) in [6.45, 7) is 3.56. The monoisotopic (exact) mass is 227 g/mol. The summed E-state index contributed by atoms with van der Waals surface area (Å²) in [6, 6.07) is 0. The van der Waals surface area contributed by atoms with Gasteiger partial charge in [0.05, 0.1) is 7.11 Å². The molecule has 0 unspecified atom stereocenters. The molecule has 0 aromatic carbocycles. The van der Waals surface area contributed by atoms with Gasteiger partial charge in [0.1, 0.15) is 5.82 Å². The first-order chi connectivity index (χ1) is 7.13. The molecule has 1 heterocycles. The number of hydrogen-bond donors (Lipinski definition) is 1. The van der Waals surface area contributed by atoms with Crippen molar-refractivity contribution in [2.75, 3.05) is 12.9 Å². The zero-order valence-corrected chi connectivity index (χ0v) is 9.72. The Bertz CT molecular complexity index is 373. The van der Waals surface area contributed by atoms with Crippen molar-refractivity contribution in [2.24, 2.45) is 0 Å². The normalized spacial score (nSPS) is 11.5. The zero-order chi connectivity index (χ0) is 11.3. The Morgan fingerprint density at radius 2 is 2.40 bits per heavy atom. The largest absolute Gasteiger partial charge is 0.466 e. The van der Waals surface area contributed by atoms with Crippen LogP contribution in [0.3, 0.4) is 0 Å². The van der Waals surface area contributed by atoms with Crippen LogP contribution in [-0.2, 0) is 9.53 Å². The minimum absolute atomic E-state index is 0.304. The Labute approximate surface area is 92.3 Å². The van der Waals surface area contributed by atoms with Crippen molar-refractivity contribution < 1.29 is 9.53 Å². The maximum absolute atomic E-state index is 11.0. The predicted octanol–water partition coefficient (Wildman–Crippen LogP) is 1.32. The van der Waals surface area contributed by atoms with E-state index < -0.39 is 0 Å². The second-order valence-corrected chi connectivity index (χ2v) is 3.88. The van der Waals surface area contributed by atoms with Crippen molar-refractivity contribution in [3.63, 3.8) is 0 Å². The van der Waals surface area contributed by atoms with Gasteiger partial charge >= 0.3 is 5.97 Å². The second kappa shape index (κ2) is 5.55. The number of H-pyrrole nitrogens is 1. The molecule has 6 heteroatoms. The van der Waals surface area contributed by atoms with Gasteiger partial charge in [-0.05, 0) is 13.8 Å². The standard InChI is InChI=1S/C9H13N3O2S/c1-6(8(13)14-3)4-5-15-9-10-7(2)11-12-9/h4H,5H2,1-3H3,(H,10,11,12). The fraction of sp³-hybridized carbons (Fsp3) is 0.444. The number of aryl methyl sites for hydroxylation is 1. The smallest absolute Gasteiger partial charge is 0.333 e. The molecule has 0 fully saturated rings. The highest BCUT2D eigenvalue weighted by atomic mass is 32.2. The third kappa shape index (κ3) is 3.75. The van der Waals surface area contributed by atoms with E-state index in [9.17, 15) is 4.79 Å². The summed E-state index contributed by atoms with van der Waals surface area (Å²) in [4.78, 5) is 15.1. The summed E-state index contributed by atoms with van der Waals surface area (Å²) in [5.41, 5.74) is 0.595. The van der Waals surface area contributed by atoms with Gasteiger partial charge in [-0.15, -0.1) is 5.10 Å². The van der Waals surface area contributed by atoms with E-state index in [4.69, 9.17) is 0 Å². The van der Waals surface area contributed by atoms with E-state index in [0.717, 1.165) is 5.82 Å². The molecule has 0 aliphatic carbocycles. The van der Waals surface area contributed by atoms with E-state index in [2.05, 4.69) is 19.9 Å². The number of nitrogens with one attached hydrogen (secondary N) is 1. The number of carbonyl (C=O) groups excluding carboxylic acids is 1. The molecule has 1 N–H and O–H groups in total. The molecule has 1 rings (SSSR count). The van der Waals surface area contributed by atoms with Crippen LogP contribution in [-0.4, -0.2) is 34.0 Å². The van der Waals surface area contributed by atoms with Gasteiger partial charge in [-0.25, -0.2) is 9.78 Å². The van der Waals surface area contributed by atoms with Gasteiger partial charge in [0.15, 0.2) is 0 Å². The molecule has 5 nitrogen and oxygen atoms in total. The second-order valence-electron chi connectivity index (χ2n) is 2.89. The molecule has 0 radical (unpaired) electrons. The van der Waals surface area contributed by atoms with Crippen molar-refractivity contribution in [1.82, 2.24) is 15.2 Å². The van der Waals surface area contributed by atoms with Crippen LogP contribution in [0.4, 0.5) is 0 Å². The predicted molar refractivity (Wildman–Crippen MR) is 57.6 cm³/mol. The van der Waals surface area contributed by atoms with Gasteiger partial charge in [-0.1, -0.05) is 17.8 Å². The van der Waals surface area contributed by atoms with Gasteiger partial charge in [-0.2, -0.15) is 0 Å². The Morgan fingerprint density at radius 3 is 2.93 bits per heavy atom. The van der Waals surface area contributed by atoms with Crippen LogP contribution in [0.5, 0.6) is 0 Å². The van der Waals surface area contributed by atoms with Crippen molar-refractivity contribution in [3.05, 3.63) is 17.5 Å². The number of aromatic amines is 1. The van der Waals surface area contributed by atoms with E-state index in [0.29, 0.717) is 16.5 Å². The van der Waals surface area contributed by atoms with Gasteiger partial charge < -0.3 is 4.74 Å². The molecule has 0 saturated heterocycles. The number of nitrogens with zero attached hydrogens (tertiary/aromatic N) is 2. The lowest BCUT2D eigenvalue weighted by Crippen LogP contribution is -2.01. The van der Waals surface area contributed by atoms with Crippen LogP contribution in [0.25, 0.3) is 0 Å². The SMILES string of the molecule is COC(=O)C(C)=CCSc1n[nH]c(C)n1. The van der Waals surface area contributed by atoms with E-state index in [1.54, 1.807) is 13.0 Å². The van der Waals surface area contributed by atoms with E-state index in [-0.39, 0.29) is 5.97 Å². The first kappa shape index (κ1) is 11.8. The van der Waals surface area contributed by atoms with Gasteiger partial charge in [0, 0.05) is 11.3 Å². The van der Waals surface area contributed by atoms with Crippen LogP contribution in [0.1, 0.15) is 12.7 Å². The lowest BCUT2D eigenvalue weighted by Gasteiger charge is -1.97. The van der Waals surface area contributed by atoms with E-state index in [1.165, 1.54) is 18.9 Å².